The van der Waals surface area contributed by atoms with E-state index in [1.54, 1.807) is 22.7 Å². The average Bonchev–Trinajstić information content (AvgIpc) is 3.55. The van der Waals surface area contributed by atoms with Crippen molar-refractivity contribution >= 4 is 29.5 Å². The lowest BCUT2D eigenvalue weighted by Gasteiger charge is -2.47. The molecule has 0 radical (unpaired) electrons. The molecule has 3 aliphatic heterocycles. The minimum atomic E-state index is -0.855. The van der Waals surface area contributed by atoms with Crippen LogP contribution in [-0.2, 0) is 19.1 Å². The lowest BCUT2D eigenvalue weighted by Crippen LogP contribution is -2.61. The molecule has 1 N–H and O–H groups in total. The third-order valence-electron chi connectivity index (χ3n) is 9.70. The van der Waals surface area contributed by atoms with Crippen molar-refractivity contribution in [2.75, 3.05) is 19.8 Å². The predicted octanol–water partition coefficient (Wildman–Crippen LogP) is 6.19. The summed E-state index contributed by atoms with van der Waals surface area (Å²) < 4.78 is 4.98. The standard InChI is InChI=1S/C36H52N2O5S/c1-9-11-12-16-20-43-33(42)28-27-21-24(3)36(44-27)29(28)31(40)38(26(22-39)25-17-14-13-15-18-25)30(36)32(41)37(19-10-2)35(7,8)23-34(4,5)6/h9-10,13-15,17-18,24,26-30,39H,1-2,11-12,16,19-23H2,3-8H3/t24?,26-,27-,28+,29+,30?,36?/m1/s1. The zero-order valence-corrected chi connectivity index (χ0v) is 28.3. The van der Waals surface area contributed by atoms with E-state index in [1.165, 1.54) is 0 Å². The second-order valence-electron chi connectivity index (χ2n) is 14.6. The first-order valence-corrected chi connectivity index (χ1v) is 17.0. The lowest BCUT2D eigenvalue weighted by atomic mass is 9.66. The molecule has 3 aliphatic rings. The van der Waals surface area contributed by atoms with E-state index in [-0.39, 0.29) is 41.0 Å². The number of thioether (sulfide) groups is 1. The molecule has 0 saturated carbocycles. The third-order valence-corrected chi connectivity index (χ3v) is 11.8. The molecule has 1 spiro atoms. The summed E-state index contributed by atoms with van der Waals surface area (Å²) in [5.74, 6) is -2.07. The maximum absolute atomic E-state index is 15.2. The van der Waals surface area contributed by atoms with Gasteiger partial charge in [0.25, 0.3) is 0 Å². The molecule has 4 rings (SSSR count). The summed E-state index contributed by atoms with van der Waals surface area (Å²) in [6, 6.07) is 7.83. The van der Waals surface area contributed by atoms with E-state index in [9.17, 15) is 14.7 Å². The summed E-state index contributed by atoms with van der Waals surface area (Å²) in [6.45, 7) is 20.8. The number of hydrogen-bond acceptors (Lipinski definition) is 6. The number of rotatable bonds is 14. The van der Waals surface area contributed by atoms with E-state index in [2.05, 4.69) is 54.7 Å². The summed E-state index contributed by atoms with van der Waals surface area (Å²) in [5, 5.41) is 10.7. The smallest absolute Gasteiger partial charge is 0.310 e. The normalized spacial score (nSPS) is 28.5. The van der Waals surface area contributed by atoms with Crippen molar-refractivity contribution in [3.63, 3.8) is 0 Å². The van der Waals surface area contributed by atoms with Crippen LogP contribution in [0.3, 0.4) is 0 Å². The van der Waals surface area contributed by atoms with Gasteiger partial charge in [0.15, 0.2) is 0 Å². The van der Waals surface area contributed by atoms with Crippen LogP contribution >= 0.6 is 11.8 Å². The first-order valence-electron chi connectivity index (χ1n) is 16.1. The summed E-state index contributed by atoms with van der Waals surface area (Å²) in [5.41, 5.74) is 0.166. The topological polar surface area (TPSA) is 87.1 Å². The summed E-state index contributed by atoms with van der Waals surface area (Å²) in [6.07, 6.45) is 7.53. The Balaban J connectivity index is 1.81. The van der Waals surface area contributed by atoms with Gasteiger partial charge in [0.05, 0.1) is 35.8 Å². The van der Waals surface area contributed by atoms with Gasteiger partial charge in [-0.1, -0.05) is 70.2 Å². The Bertz CT molecular complexity index is 1230. The van der Waals surface area contributed by atoms with Crippen LogP contribution < -0.4 is 0 Å². The Labute approximate surface area is 268 Å². The molecule has 2 amide bonds. The van der Waals surface area contributed by atoms with Gasteiger partial charge in [0.1, 0.15) is 6.04 Å². The van der Waals surface area contributed by atoms with Crippen LogP contribution in [0, 0.1) is 23.2 Å². The minimum absolute atomic E-state index is 0.00784. The molecule has 0 aliphatic carbocycles. The zero-order chi connectivity index (χ0) is 32.4. The van der Waals surface area contributed by atoms with Gasteiger partial charge < -0.3 is 19.6 Å². The highest BCUT2D eigenvalue weighted by Gasteiger charge is 2.77. The van der Waals surface area contributed by atoms with Crippen molar-refractivity contribution in [3.05, 3.63) is 61.2 Å². The number of likely N-dealkylation sites (tertiary alicyclic amines) is 1. The number of fused-ring (bicyclic) bond motifs is 1. The molecule has 3 unspecified atom stereocenters. The fourth-order valence-corrected chi connectivity index (χ4v) is 10.7. The predicted molar refractivity (Wildman–Crippen MR) is 177 cm³/mol. The van der Waals surface area contributed by atoms with E-state index in [0.29, 0.717) is 13.2 Å². The van der Waals surface area contributed by atoms with Crippen molar-refractivity contribution in [2.24, 2.45) is 23.2 Å². The molecule has 8 heteroatoms. The van der Waals surface area contributed by atoms with Crippen LogP contribution in [0.4, 0.5) is 0 Å². The highest BCUT2D eigenvalue weighted by Crippen LogP contribution is 2.69. The molecular formula is C36H52N2O5S. The number of amides is 2. The summed E-state index contributed by atoms with van der Waals surface area (Å²) >= 11 is 1.64. The van der Waals surface area contributed by atoms with Gasteiger partial charge in [0.2, 0.25) is 11.8 Å². The van der Waals surface area contributed by atoms with Gasteiger partial charge in [-0.2, -0.15) is 0 Å². The lowest BCUT2D eigenvalue weighted by molar-refractivity contribution is -0.155. The Kier molecular flexibility index (Phi) is 10.5. The molecule has 3 heterocycles. The van der Waals surface area contributed by atoms with Gasteiger partial charge in [0, 0.05) is 17.3 Å². The second-order valence-corrected chi connectivity index (χ2v) is 16.2. The number of allylic oxidation sites excluding steroid dienone is 1. The number of carbonyl (C=O) groups excluding carboxylic acids is 3. The van der Waals surface area contributed by atoms with Crippen molar-refractivity contribution in [1.82, 2.24) is 9.80 Å². The van der Waals surface area contributed by atoms with Crippen LogP contribution in [0.5, 0.6) is 0 Å². The van der Waals surface area contributed by atoms with Crippen molar-refractivity contribution < 1.29 is 24.2 Å². The Morgan fingerprint density at radius 1 is 1.16 bits per heavy atom. The van der Waals surface area contributed by atoms with Crippen LogP contribution in [0.25, 0.3) is 0 Å². The molecule has 1 aromatic rings. The number of carbonyl (C=O) groups is 3. The van der Waals surface area contributed by atoms with Gasteiger partial charge in [-0.3, -0.25) is 14.4 Å². The van der Waals surface area contributed by atoms with Gasteiger partial charge in [-0.05, 0) is 62.8 Å². The maximum atomic E-state index is 15.2. The van der Waals surface area contributed by atoms with E-state index in [1.807, 2.05) is 41.3 Å². The Morgan fingerprint density at radius 3 is 2.43 bits per heavy atom. The molecule has 0 aromatic heterocycles. The zero-order valence-electron chi connectivity index (χ0n) is 27.5. The molecule has 7 atom stereocenters. The average molecular weight is 625 g/mol. The van der Waals surface area contributed by atoms with Crippen molar-refractivity contribution in [3.8, 4) is 0 Å². The molecule has 242 valence electrons. The molecule has 7 nitrogen and oxygen atoms in total. The summed E-state index contributed by atoms with van der Waals surface area (Å²) in [4.78, 5) is 47.2. The van der Waals surface area contributed by atoms with Crippen LogP contribution in [0.15, 0.2) is 55.6 Å². The molecule has 3 fully saturated rings. The van der Waals surface area contributed by atoms with E-state index < -0.39 is 34.2 Å². The van der Waals surface area contributed by atoms with E-state index in [4.69, 9.17) is 4.74 Å². The number of benzene rings is 1. The summed E-state index contributed by atoms with van der Waals surface area (Å²) in [7, 11) is 0. The van der Waals surface area contributed by atoms with Gasteiger partial charge in [-0.25, -0.2) is 0 Å². The van der Waals surface area contributed by atoms with Crippen molar-refractivity contribution in [2.45, 2.75) is 101 Å². The highest BCUT2D eigenvalue weighted by molar-refractivity contribution is 8.02. The Morgan fingerprint density at radius 2 is 1.84 bits per heavy atom. The van der Waals surface area contributed by atoms with Crippen LogP contribution in [0.1, 0.15) is 85.3 Å². The van der Waals surface area contributed by atoms with E-state index >= 15 is 4.79 Å². The Hall–Kier alpha value is -2.58. The first-order chi connectivity index (χ1) is 20.7. The van der Waals surface area contributed by atoms with Gasteiger partial charge >= 0.3 is 5.97 Å². The monoisotopic (exact) mass is 624 g/mol. The van der Waals surface area contributed by atoms with Gasteiger partial charge in [-0.15, -0.1) is 24.9 Å². The molecule has 3 saturated heterocycles. The third kappa shape index (κ3) is 6.26. The number of esters is 1. The molecular weight excluding hydrogens is 572 g/mol. The van der Waals surface area contributed by atoms with Crippen molar-refractivity contribution in [1.29, 1.82) is 0 Å². The molecule has 44 heavy (non-hydrogen) atoms. The van der Waals surface area contributed by atoms with E-state index in [0.717, 1.165) is 37.7 Å². The number of ether oxygens (including phenoxy) is 1. The second kappa shape index (κ2) is 13.4. The van der Waals surface area contributed by atoms with Crippen LogP contribution in [0.2, 0.25) is 0 Å². The highest BCUT2D eigenvalue weighted by atomic mass is 32.2. The largest absolute Gasteiger partial charge is 0.465 e. The number of unbranched alkanes of at least 4 members (excludes halogenated alkanes) is 2. The minimum Gasteiger partial charge on any atom is -0.465 e. The fourth-order valence-electron chi connectivity index (χ4n) is 8.34. The maximum Gasteiger partial charge on any atom is 0.310 e. The molecule has 2 bridgehead atoms. The quantitative estimate of drug-likeness (QED) is 0.151. The fraction of sp³-hybridized carbons (Fsp3) is 0.639. The number of hydrogen-bond donors (Lipinski definition) is 1. The number of aliphatic hydroxyl groups is 1. The van der Waals surface area contributed by atoms with Crippen LogP contribution in [-0.4, -0.2) is 74.0 Å². The number of nitrogens with zero attached hydrogens (tertiary/aromatic N) is 2. The first kappa shape index (κ1) is 34.3. The number of aliphatic hydroxyl groups excluding tert-OH is 1. The molecule has 1 aromatic carbocycles. The SMILES string of the molecule is C=CCCCCOC(=O)[C@@H]1[C@H]2C(=O)N([C@H](CO)c3ccccc3)C(C(=O)N(CC=C)C(C)(C)CC(C)(C)C)C23S[C@@H]1CC3C.